The van der Waals surface area contributed by atoms with Crippen LogP contribution in [0.3, 0.4) is 0 Å². The Morgan fingerprint density at radius 2 is 1.89 bits per heavy atom. The highest BCUT2D eigenvalue weighted by Gasteiger charge is 2.24. The summed E-state index contributed by atoms with van der Waals surface area (Å²) in [5.41, 5.74) is 4.97. The highest BCUT2D eigenvalue weighted by Crippen LogP contribution is 2.28. The van der Waals surface area contributed by atoms with Gasteiger partial charge in [0, 0.05) is 36.9 Å². The Hall–Kier alpha value is -3.21. The van der Waals surface area contributed by atoms with Gasteiger partial charge in [0.1, 0.15) is 0 Å². The molecule has 3 aromatic rings. The summed E-state index contributed by atoms with van der Waals surface area (Å²) in [4.78, 5) is 25.9. The predicted octanol–water partition coefficient (Wildman–Crippen LogP) is 4.54. The highest BCUT2D eigenvalue weighted by atomic mass is 16.2. The number of aromatic nitrogens is 2. The zero-order valence-electron chi connectivity index (χ0n) is 16.3. The van der Waals surface area contributed by atoms with Crippen LogP contribution in [0.25, 0.3) is 0 Å². The Bertz CT molecular complexity index is 984. The van der Waals surface area contributed by atoms with Crippen molar-refractivity contribution in [2.75, 3.05) is 22.9 Å². The van der Waals surface area contributed by atoms with Crippen LogP contribution in [-0.4, -0.2) is 29.0 Å². The summed E-state index contributed by atoms with van der Waals surface area (Å²) >= 11 is 0. The summed E-state index contributed by atoms with van der Waals surface area (Å²) in [6.07, 6.45) is 5.26. The molecule has 1 amide bonds. The lowest BCUT2D eigenvalue weighted by molar-refractivity contribution is 0.0984. The van der Waals surface area contributed by atoms with Gasteiger partial charge in [0.05, 0.1) is 5.56 Å². The maximum Gasteiger partial charge on any atom is 0.261 e. The quantitative estimate of drug-likeness (QED) is 0.675. The third-order valence-electron chi connectivity index (χ3n) is 5.11. The van der Waals surface area contributed by atoms with Crippen molar-refractivity contribution in [3.8, 4) is 0 Å². The van der Waals surface area contributed by atoms with Crippen LogP contribution in [0.5, 0.6) is 0 Å². The Balaban J connectivity index is 1.59. The van der Waals surface area contributed by atoms with Gasteiger partial charge in [0.25, 0.3) is 5.91 Å². The summed E-state index contributed by atoms with van der Waals surface area (Å²) in [7, 11) is 0. The maximum absolute atomic E-state index is 13.1. The average molecular weight is 372 g/mol. The molecule has 0 fully saturated rings. The van der Waals surface area contributed by atoms with E-state index in [-0.39, 0.29) is 5.91 Å². The number of aryl methyl sites for hydroxylation is 2. The SMILES string of the molecule is CCN(c1cccc(C)c1)c1ncc(C(=O)N2CCCc3ccccc32)cn1. The number of hydrogen-bond acceptors (Lipinski definition) is 4. The topological polar surface area (TPSA) is 49.3 Å². The van der Waals surface area contributed by atoms with Crippen molar-refractivity contribution in [2.24, 2.45) is 0 Å². The molecule has 5 heteroatoms. The minimum absolute atomic E-state index is 0.0442. The van der Waals surface area contributed by atoms with Crippen molar-refractivity contribution < 1.29 is 4.79 Å². The lowest BCUT2D eigenvalue weighted by Crippen LogP contribution is -2.35. The Labute approximate surface area is 165 Å². The van der Waals surface area contributed by atoms with Crippen molar-refractivity contribution >= 4 is 23.2 Å². The number of rotatable bonds is 4. The molecule has 28 heavy (non-hydrogen) atoms. The highest BCUT2D eigenvalue weighted by molar-refractivity contribution is 6.06. The molecule has 0 radical (unpaired) electrons. The fourth-order valence-electron chi connectivity index (χ4n) is 3.71. The fourth-order valence-corrected chi connectivity index (χ4v) is 3.71. The van der Waals surface area contributed by atoms with Crippen LogP contribution in [0.4, 0.5) is 17.3 Å². The summed E-state index contributed by atoms with van der Waals surface area (Å²) < 4.78 is 0. The number of benzene rings is 2. The molecule has 0 saturated heterocycles. The number of amides is 1. The number of anilines is 3. The third kappa shape index (κ3) is 3.48. The van der Waals surface area contributed by atoms with Crippen LogP contribution < -0.4 is 9.80 Å². The van der Waals surface area contributed by atoms with E-state index in [4.69, 9.17) is 0 Å². The van der Waals surface area contributed by atoms with E-state index in [2.05, 4.69) is 42.0 Å². The minimum atomic E-state index is -0.0442. The smallest absolute Gasteiger partial charge is 0.261 e. The molecule has 2 aromatic carbocycles. The zero-order valence-corrected chi connectivity index (χ0v) is 16.3. The molecule has 2 heterocycles. The van der Waals surface area contributed by atoms with Crippen LogP contribution in [0.15, 0.2) is 60.9 Å². The minimum Gasteiger partial charge on any atom is -0.311 e. The second kappa shape index (κ2) is 7.80. The Morgan fingerprint density at radius 3 is 2.64 bits per heavy atom. The first-order chi connectivity index (χ1) is 13.7. The van der Waals surface area contributed by atoms with Gasteiger partial charge >= 0.3 is 0 Å². The van der Waals surface area contributed by atoms with E-state index in [0.717, 1.165) is 37.3 Å². The molecular formula is C23H24N4O. The first-order valence-electron chi connectivity index (χ1n) is 9.73. The molecule has 0 spiro atoms. The molecule has 5 nitrogen and oxygen atoms in total. The average Bonchev–Trinajstić information content (AvgIpc) is 2.74. The first-order valence-corrected chi connectivity index (χ1v) is 9.73. The van der Waals surface area contributed by atoms with Gasteiger partial charge in [0.15, 0.2) is 0 Å². The predicted molar refractivity (Wildman–Crippen MR) is 112 cm³/mol. The first kappa shape index (κ1) is 18.2. The molecule has 0 N–H and O–H groups in total. The van der Waals surface area contributed by atoms with Gasteiger partial charge in [-0.05, 0) is 56.0 Å². The van der Waals surface area contributed by atoms with Gasteiger partial charge in [-0.25, -0.2) is 9.97 Å². The van der Waals surface area contributed by atoms with Gasteiger partial charge in [-0.1, -0.05) is 30.3 Å². The number of carbonyl (C=O) groups excluding carboxylic acids is 1. The molecule has 0 atom stereocenters. The summed E-state index contributed by atoms with van der Waals surface area (Å²) in [5.74, 6) is 0.556. The summed E-state index contributed by atoms with van der Waals surface area (Å²) in [5, 5.41) is 0. The number of para-hydroxylation sites is 1. The number of carbonyl (C=O) groups is 1. The number of nitrogens with zero attached hydrogens (tertiary/aromatic N) is 4. The van der Waals surface area contributed by atoms with E-state index in [0.29, 0.717) is 11.5 Å². The van der Waals surface area contributed by atoms with E-state index >= 15 is 0 Å². The van der Waals surface area contributed by atoms with E-state index < -0.39 is 0 Å². The van der Waals surface area contributed by atoms with Crippen LogP contribution >= 0.6 is 0 Å². The standard InChI is InChI=1S/C23H24N4O/c1-3-26(20-11-6-8-17(2)14-20)23-24-15-19(16-25-23)22(28)27-13-7-10-18-9-4-5-12-21(18)27/h4-6,8-9,11-12,14-16H,3,7,10,13H2,1-2H3. The second-order valence-corrected chi connectivity index (χ2v) is 7.04. The molecule has 1 aliphatic heterocycles. The van der Waals surface area contributed by atoms with Crippen molar-refractivity contribution in [3.63, 3.8) is 0 Å². The normalized spacial score (nSPS) is 13.1. The van der Waals surface area contributed by atoms with E-state index in [1.165, 1.54) is 11.1 Å². The van der Waals surface area contributed by atoms with Gasteiger partial charge in [-0.3, -0.25) is 4.79 Å². The van der Waals surface area contributed by atoms with Crippen molar-refractivity contribution in [3.05, 3.63) is 77.6 Å². The van der Waals surface area contributed by atoms with Crippen LogP contribution in [0, 0.1) is 6.92 Å². The van der Waals surface area contributed by atoms with Gasteiger partial charge in [0.2, 0.25) is 5.95 Å². The molecule has 4 rings (SSSR count). The number of hydrogen-bond donors (Lipinski definition) is 0. The molecule has 1 aliphatic rings. The van der Waals surface area contributed by atoms with Crippen molar-refractivity contribution in [2.45, 2.75) is 26.7 Å². The molecule has 1 aromatic heterocycles. The molecule has 0 aliphatic carbocycles. The lowest BCUT2D eigenvalue weighted by Gasteiger charge is -2.29. The summed E-state index contributed by atoms with van der Waals surface area (Å²) in [6.45, 7) is 5.60. The fraction of sp³-hybridized carbons (Fsp3) is 0.261. The van der Waals surface area contributed by atoms with Gasteiger partial charge in [-0.15, -0.1) is 0 Å². The van der Waals surface area contributed by atoms with E-state index in [1.807, 2.05) is 40.1 Å². The third-order valence-corrected chi connectivity index (χ3v) is 5.11. The van der Waals surface area contributed by atoms with Crippen molar-refractivity contribution in [1.29, 1.82) is 0 Å². The Kier molecular flexibility index (Phi) is 5.06. The summed E-state index contributed by atoms with van der Waals surface area (Å²) in [6, 6.07) is 16.4. The van der Waals surface area contributed by atoms with Crippen LogP contribution in [-0.2, 0) is 6.42 Å². The van der Waals surface area contributed by atoms with Crippen LogP contribution in [0.2, 0.25) is 0 Å². The monoisotopic (exact) mass is 372 g/mol. The van der Waals surface area contributed by atoms with E-state index in [1.54, 1.807) is 12.4 Å². The maximum atomic E-state index is 13.1. The Morgan fingerprint density at radius 1 is 1.11 bits per heavy atom. The molecule has 0 saturated carbocycles. The zero-order chi connectivity index (χ0) is 19.5. The number of fused-ring (bicyclic) bond motifs is 1. The largest absolute Gasteiger partial charge is 0.311 e. The lowest BCUT2D eigenvalue weighted by atomic mass is 10.0. The second-order valence-electron chi connectivity index (χ2n) is 7.04. The molecule has 0 bridgehead atoms. The molecule has 142 valence electrons. The van der Waals surface area contributed by atoms with Crippen LogP contribution in [0.1, 0.15) is 34.8 Å². The van der Waals surface area contributed by atoms with Gasteiger partial charge < -0.3 is 9.80 Å². The van der Waals surface area contributed by atoms with Gasteiger partial charge in [-0.2, -0.15) is 0 Å². The van der Waals surface area contributed by atoms with Crippen molar-refractivity contribution in [1.82, 2.24) is 9.97 Å². The molecule has 0 unspecified atom stereocenters. The van der Waals surface area contributed by atoms with E-state index in [9.17, 15) is 4.79 Å². The molecular weight excluding hydrogens is 348 g/mol.